The second-order valence-corrected chi connectivity index (χ2v) is 32.0. The Morgan fingerprint density at radius 3 is 0.701 bits per heavy atom. The zero-order chi connectivity index (χ0) is 71.4. The lowest BCUT2D eigenvalue weighted by atomic mass is 10.0. The predicted octanol–water partition coefficient (Wildman–Crippen LogP) is 23.1. The van der Waals surface area contributed by atoms with Gasteiger partial charge in [-0.2, -0.15) is 0 Å². The van der Waals surface area contributed by atoms with Gasteiger partial charge in [-0.1, -0.05) is 356 Å². The number of carbonyl (C=O) groups is 4. The van der Waals surface area contributed by atoms with Gasteiger partial charge in [0.2, 0.25) is 0 Å². The monoisotopic (exact) mass is 1420 g/mol. The minimum absolute atomic E-state index is 0.108. The highest BCUT2D eigenvalue weighted by molar-refractivity contribution is 7.47. The molecule has 0 aromatic rings. The van der Waals surface area contributed by atoms with E-state index >= 15 is 0 Å². The SMILES string of the molecule is CCCCCCCCCCCCCCCC(=O)O[C@H](COC(=O)CCCCCCCCCCC)COP(=O)(O)OC[C@H](O)COP(=O)(O)OC[C@@H](COC(=O)CCCCCCCCCCCCCC(C)C)OC(=O)CCCCCCCCCCCCCCCCCCCCC(C)C. The fraction of sp³-hybridized carbons (Fsp3) is 0.949. The maximum Gasteiger partial charge on any atom is 0.472 e. The van der Waals surface area contributed by atoms with E-state index in [9.17, 15) is 43.2 Å². The van der Waals surface area contributed by atoms with Crippen molar-refractivity contribution in [1.82, 2.24) is 0 Å². The first-order valence-corrected chi connectivity index (χ1v) is 43.5. The minimum atomic E-state index is -4.96. The summed E-state index contributed by atoms with van der Waals surface area (Å²) >= 11 is 0. The van der Waals surface area contributed by atoms with E-state index in [0.717, 1.165) is 102 Å². The summed E-state index contributed by atoms with van der Waals surface area (Å²) < 4.78 is 68.5. The quantitative estimate of drug-likeness (QED) is 0.0222. The Kier molecular flexibility index (Phi) is 68.4. The zero-order valence-corrected chi connectivity index (χ0v) is 65.2. The molecule has 17 nitrogen and oxygen atoms in total. The van der Waals surface area contributed by atoms with Crippen molar-refractivity contribution in [2.24, 2.45) is 11.8 Å². The van der Waals surface area contributed by atoms with Gasteiger partial charge in [-0.05, 0) is 37.5 Å². The highest BCUT2D eigenvalue weighted by Gasteiger charge is 2.30. The second kappa shape index (κ2) is 69.8. The van der Waals surface area contributed by atoms with Crippen LogP contribution in [0.3, 0.4) is 0 Å². The van der Waals surface area contributed by atoms with Gasteiger partial charge in [0.1, 0.15) is 19.3 Å². The average Bonchev–Trinajstić information content (AvgIpc) is 3.27. The standard InChI is InChI=1S/C78H152O17P2/c1-7-9-11-13-15-17-18-25-31-38-44-50-56-62-77(82)94-73(66-88-75(80)60-54-48-42-34-16-14-12-10-8-2)68-92-96(84,85)90-64-72(79)65-91-97(86,87)93-69-74(67-89-76(81)61-55-49-43-37-33-28-30-36-41-47-53-59-71(5)6)95-78(83)63-57-51-45-39-32-27-24-22-20-19-21-23-26-29-35-40-46-52-58-70(3)4/h70-74,79H,7-69H2,1-6H3,(H,84,85)(H,86,87)/t72-,73+,74+/m0/s1. The molecular formula is C78H152O17P2. The molecule has 576 valence electrons. The number of carbonyl (C=O) groups excluding carboxylic acids is 4. The number of phosphoric acid groups is 2. The van der Waals surface area contributed by atoms with E-state index in [-0.39, 0.29) is 25.7 Å². The van der Waals surface area contributed by atoms with Crippen LogP contribution in [0.2, 0.25) is 0 Å². The third-order valence-electron chi connectivity index (χ3n) is 18.2. The van der Waals surface area contributed by atoms with E-state index < -0.39 is 97.5 Å². The third kappa shape index (κ3) is 72.2. The van der Waals surface area contributed by atoms with Gasteiger partial charge in [-0.25, -0.2) is 9.13 Å². The minimum Gasteiger partial charge on any atom is -0.462 e. The van der Waals surface area contributed by atoms with Crippen molar-refractivity contribution in [1.29, 1.82) is 0 Å². The zero-order valence-electron chi connectivity index (χ0n) is 63.4. The fourth-order valence-electron chi connectivity index (χ4n) is 12.0. The van der Waals surface area contributed by atoms with Crippen molar-refractivity contribution in [2.45, 2.75) is 426 Å². The maximum absolute atomic E-state index is 13.1. The number of phosphoric ester groups is 2. The molecule has 0 bridgehead atoms. The molecule has 0 amide bonds. The molecule has 0 spiro atoms. The number of hydrogen-bond acceptors (Lipinski definition) is 15. The van der Waals surface area contributed by atoms with Crippen LogP contribution in [0.25, 0.3) is 0 Å². The van der Waals surface area contributed by atoms with Crippen molar-refractivity contribution < 1.29 is 80.2 Å². The van der Waals surface area contributed by atoms with E-state index in [1.807, 2.05) is 0 Å². The maximum atomic E-state index is 13.1. The van der Waals surface area contributed by atoms with Crippen LogP contribution in [0.4, 0.5) is 0 Å². The van der Waals surface area contributed by atoms with Crippen LogP contribution in [-0.4, -0.2) is 96.7 Å². The number of unbranched alkanes of at least 4 members (excludes halogenated alkanes) is 47. The predicted molar refractivity (Wildman–Crippen MR) is 395 cm³/mol. The third-order valence-corrected chi connectivity index (χ3v) is 20.1. The van der Waals surface area contributed by atoms with Crippen LogP contribution in [-0.2, 0) is 65.4 Å². The Morgan fingerprint density at radius 2 is 0.474 bits per heavy atom. The highest BCUT2D eigenvalue weighted by Crippen LogP contribution is 2.45. The van der Waals surface area contributed by atoms with Gasteiger partial charge < -0.3 is 33.8 Å². The van der Waals surface area contributed by atoms with Crippen LogP contribution in [0.1, 0.15) is 408 Å². The van der Waals surface area contributed by atoms with Gasteiger partial charge >= 0.3 is 39.5 Å². The van der Waals surface area contributed by atoms with Gasteiger partial charge in [-0.15, -0.1) is 0 Å². The van der Waals surface area contributed by atoms with Crippen molar-refractivity contribution in [3.63, 3.8) is 0 Å². The largest absolute Gasteiger partial charge is 0.472 e. The summed E-state index contributed by atoms with van der Waals surface area (Å²) in [7, 11) is -9.91. The summed E-state index contributed by atoms with van der Waals surface area (Å²) in [4.78, 5) is 72.8. The summed E-state index contributed by atoms with van der Waals surface area (Å²) in [6.07, 6.45) is 58.2. The lowest BCUT2D eigenvalue weighted by Gasteiger charge is -2.21. The number of rotatable bonds is 77. The Balaban J connectivity index is 5.20. The van der Waals surface area contributed by atoms with Gasteiger partial charge in [0.25, 0.3) is 0 Å². The molecule has 0 aliphatic rings. The topological polar surface area (TPSA) is 237 Å². The Bertz CT molecular complexity index is 1870. The molecule has 0 saturated carbocycles. The molecular weight excluding hydrogens is 1270 g/mol. The van der Waals surface area contributed by atoms with Gasteiger partial charge in [-0.3, -0.25) is 37.3 Å². The number of ether oxygens (including phenoxy) is 4. The Labute approximate surface area is 594 Å². The Morgan fingerprint density at radius 1 is 0.278 bits per heavy atom. The molecule has 0 aromatic heterocycles. The summed E-state index contributed by atoms with van der Waals surface area (Å²) in [5.41, 5.74) is 0. The number of aliphatic hydroxyl groups excluding tert-OH is 1. The number of hydrogen-bond donors (Lipinski definition) is 3. The molecule has 5 atom stereocenters. The van der Waals surface area contributed by atoms with Gasteiger partial charge in [0, 0.05) is 25.7 Å². The van der Waals surface area contributed by atoms with E-state index in [2.05, 4.69) is 41.5 Å². The number of aliphatic hydroxyl groups is 1. The molecule has 0 radical (unpaired) electrons. The number of esters is 4. The highest BCUT2D eigenvalue weighted by atomic mass is 31.2. The van der Waals surface area contributed by atoms with Crippen LogP contribution in [0.5, 0.6) is 0 Å². The van der Waals surface area contributed by atoms with E-state index in [1.165, 1.54) is 225 Å². The van der Waals surface area contributed by atoms with E-state index in [1.54, 1.807) is 0 Å². The molecule has 0 aliphatic heterocycles. The van der Waals surface area contributed by atoms with Crippen LogP contribution in [0.15, 0.2) is 0 Å². The second-order valence-electron chi connectivity index (χ2n) is 29.1. The van der Waals surface area contributed by atoms with Crippen LogP contribution >= 0.6 is 15.6 Å². The van der Waals surface area contributed by atoms with Crippen LogP contribution < -0.4 is 0 Å². The summed E-state index contributed by atoms with van der Waals surface area (Å²) in [6.45, 7) is 9.64. The molecule has 3 N–H and O–H groups in total. The summed E-state index contributed by atoms with van der Waals surface area (Å²) in [5.74, 6) is -0.521. The molecule has 0 fully saturated rings. The summed E-state index contributed by atoms with van der Waals surface area (Å²) in [5, 5.41) is 10.6. The van der Waals surface area contributed by atoms with Crippen molar-refractivity contribution in [3.8, 4) is 0 Å². The van der Waals surface area contributed by atoms with Gasteiger partial charge in [0.15, 0.2) is 12.2 Å². The van der Waals surface area contributed by atoms with Crippen molar-refractivity contribution in [3.05, 3.63) is 0 Å². The first kappa shape index (κ1) is 95.1. The fourth-order valence-corrected chi connectivity index (χ4v) is 13.6. The smallest absolute Gasteiger partial charge is 0.462 e. The molecule has 0 aliphatic carbocycles. The van der Waals surface area contributed by atoms with Crippen molar-refractivity contribution >= 4 is 39.5 Å². The lowest BCUT2D eigenvalue weighted by Crippen LogP contribution is -2.30. The van der Waals surface area contributed by atoms with E-state index in [4.69, 9.17) is 37.0 Å². The first-order chi connectivity index (χ1) is 46.9. The van der Waals surface area contributed by atoms with E-state index in [0.29, 0.717) is 25.7 Å². The summed E-state index contributed by atoms with van der Waals surface area (Å²) in [6, 6.07) is 0. The molecule has 0 heterocycles. The molecule has 0 aromatic carbocycles. The first-order valence-electron chi connectivity index (χ1n) is 40.5. The molecule has 0 rings (SSSR count). The van der Waals surface area contributed by atoms with Gasteiger partial charge in [0.05, 0.1) is 26.4 Å². The lowest BCUT2D eigenvalue weighted by molar-refractivity contribution is -0.161. The van der Waals surface area contributed by atoms with Crippen molar-refractivity contribution in [2.75, 3.05) is 39.6 Å². The molecule has 97 heavy (non-hydrogen) atoms. The normalized spacial score (nSPS) is 14.0. The Hall–Kier alpha value is -1.94. The van der Waals surface area contributed by atoms with Crippen LogP contribution in [0, 0.1) is 11.8 Å². The molecule has 0 saturated heterocycles. The molecule has 2 unspecified atom stereocenters. The molecule has 19 heteroatoms. The average molecular weight is 1420 g/mol.